The molecule has 1 aliphatic rings. The highest BCUT2D eigenvalue weighted by atomic mass is 79.9. The Morgan fingerprint density at radius 3 is 2.61 bits per heavy atom. The van der Waals surface area contributed by atoms with E-state index in [9.17, 15) is 10.2 Å². The second kappa shape index (κ2) is 6.66. The number of aliphatic hydroxyl groups is 2. The van der Waals surface area contributed by atoms with Gasteiger partial charge in [0.1, 0.15) is 0 Å². The van der Waals surface area contributed by atoms with Crippen molar-refractivity contribution in [1.82, 2.24) is 4.90 Å². The van der Waals surface area contributed by atoms with Crippen LogP contribution in [0.1, 0.15) is 30.9 Å². The van der Waals surface area contributed by atoms with E-state index < -0.39 is 6.10 Å². The average Bonchev–Trinajstić information content (AvgIpc) is 2.38. The van der Waals surface area contributed by atoms with E-state index in [1.807, 2.05) is 24.3 Å². The average molecular weight is 314 g/mol. The van der Waals surface area contributed by atoms with Crippen LogP contribution in [0.2, 0.25) is 0 Å². The molecule has 1 aromatic carbocycles. The van der Waals surface area contributed by atoms with Crippen LogP contribution in [0, 0.1) is 0 Å². The summed E-state index contributed by atoms with van der Waals surface area (Å²) in [6.45, 7) is 2.75. The van der Waals surface area contributed by atoms with Crippen molar-refractivity contribution in [3.8, 4) is 0 Å². The third-order valence-corrected chi connectivity index (χ3v) is 4.26. The Hall–Kier alpha value is -0.420. The fourth-order valence-corrected chi connectivity index (χ4v) is 2.90. The van der Waals surface area contributed by atoms with E-state index in [1.54, 1.807) is 0 Å². The predicted molar refractivity (Wildman–Crippen MR) is 75.4 cm³/mol. The van der Waals surface area contributed by atoms with Crippen LogP contribution in [0.5, 0.6) is 0 Å². The van der Waals surface area contributed by atoms with Crippen molar-refractivity contribution >= 4 is 15.9 Å². The number of benzene rings is 1. The predicted octanol–water partition coefficient (Wildman–Crippen LogP) is 2.33. The molecule has 18 heavy (non-hydrogen) atoms. The molecule has 0 saturated carbocycles. The maximum absolute atomic E-state index is 10.2. The molecule has 1 heterocycles. The van der Waals surface area contributed by atoms with E-state index in [4.69, 9.17) is 0 Å². The lowest BCUT2D eigenvalue weighted by molar-refractivity contribution is 0.0710. The highest BCUT2D eigenvalue weighted by Gasteiger charge is 2.18. The van der Waals surface area contributed by atoms with Gasteiger partial charge >= 0.3 is 0 Å². The molecule has 100 valence electrons. The van der Waals surface area contributed by atoms with Crippen LogP contribution in [-0.4, -0.2) is 40.9 Å². The third-order valence-electron chi connectivity index (χ3n) is 3.54. The first-order valence-corrected chi connectivity index (χ1v) is 7.29. The van der Waals surface area contributed by atoms with Crippen molar-refractivity contribution in [3.63, 3.8) is 0 Å². The largest absolute Gasteiger partial charge is 0.393 e. The van der Waals surface area contributed by atoms with Gasteiger partial charge in [-0.25, -0.2) is 0 Å². The van der Waals surface area contributed by atoms with Crippen molar-refractivity contribution < 1.29 is 10.2 Å². The number of aliphatic hydroxyl groups excluding tert-OH is 2. The molecule has 2 rings (SSSR count). The number of likely N-dealkylation sites (tertiary alicyclic amines) is 1. The van der Waals surface area contributed by atoms with E-state index in [1.165, 1.54) is 0 Å². The number of rotatable bonds is 4. The molecule has 0 amide bonds. The van der Waals surface area contributed by atoms with Gasteiger partial charge in [0.2, 0.25) is 0 Å². The highest BCUT2D eigenvalue weighted by molar-refractivity contribution is 9.10. The summed E-state index contributed by atoms with van der Waals surface area (Å²) in [5.41, 5.74) is 0.953. The second-order valence-corrected chi connectivity index (χ2v) is 5.75. The first kappa shape index (κ1) is 14.0. The molecule has 1 unspecified atom stereocenters. The second-order valence-electron chi connectivity index (χ2n) is 4.90. The fraction of sp³-hybridized carbons (Fsp3) is 0.571. The van der Waals surface area contributed by atoms with Gasteiger partial charge in [0.05, 0.1) is 12.2 Å². The van der Waals surface area contributed by atoms with E-state index in [2.05, 4.69) is 20.8 Å². The number of hydrogen-bond donors (Lipinski definition) is 2. The maximum atomic E-state index is 10.2. The molecule has 1 atom stereocenters. The lowest BCUT2D eigenvalue weighted by atomic mass is 10.0. The number of piperidine rings is 1. The number of nitrogens with zero attached hydrogens (tertiary/aromatic N) is 1. The normalized spacial score (nSPS) is 19.9. The van der Waals surface area contributed by atoms with E-state index >= 15 is 0 Å². The molecular weight excluding hydrogens is 294 g/mol. The SMILES string of the molecule is OC1CCN(CCC(O)c2ccccc2Br)CC1. The van der Waals surface area contributed by atoms with Gasteiger partial charge in [0, 0.05) is 24.1 Å². The van der Waals surface area contributed by atoms with Crippen LogP contribution in [0.15, 0.2) is 28.7 Å². The number of halogens is 1. The minimum absolute atomic E-state index is 0.130. The number of hydrogen-bond acceptors (Lipinski definition) is 3. The Morgan fingerprint density at radius 2 is 1.94 bits per heavy atom. The Morgan fingerprint density at radius 1 is 1.28 bits per heavy atom. The Labute approximate surface area is 117 Å². The maximum Gasteiger partial charge on any atom is 0.0813 e. The van der Waals surface area contributed by atoms with Crippen LogP contribution in [-0.2, 0) is 0 Å². The van der Waals surface area contributed by atoms with E-state index in [0.29, 0.717) is 0 Å². The van der Waals surface area contributed by atoms with Gasteiger partial charge in [-0.3, -0.25) is 0 Å². The minimum atomic E-state index is -0.424. The van der Waals surface area contributed by atoms with Gasteiger partial charge in [-0.2, -0.15) is 0 Å². The molecule has 3 nitrogen and oxygen atoms in total. The molecule has 2 N–H and O–H groups in total. The van der Waals surface area contributed by atoms with Crippen molar-refractivity contribution in [1.29, 1.82) is 0 Å². The molecule has 0 radical (unpaired) electrons. The van der Waals surface area contributed by atoms with E-state index in [-0.39, 0.29) is 6.10 Å². The molecule has 0 bridgehead atoms. The summed E-state index contributed by atoms with van der Waals surface area (Å²) in [5, 5.41) is 19.6. The molecule has 1 aromatic rings. The summed E-state index contributed by atoms with van der Waals surface area (Å²) in [7, 11) is 0. The first-order chi connectivity index (χ1) is 8.66. The van der Waals surface area contributed by atoms with Gasteiger partial charge in [0.15, 0.2) is 0 Å². The van der Waals surface area contributed by atoms with Crippen molar-refractivity contribution in [2.75, 3.05) is 19.6 Å². The van der Waals surface area contributed by atoms with Crippen molar-refractivity contribution in [3.05, 3.63) is 34.3 Å². The molecule has 1 aliphatic heterocycles. The van der Waals surface area contributed by atoms with Crippen LogP contribution >= 0.6 is 15.9 Å². The van der Waals surface area contributed by atoms with Gasteiger partial charge in [-0.15, -0.1) is 0 Å². The fourth-order valence-electron chi connectivity index (χ4n) is 2.35. The molecule has 1 saturated heterocycles. The summed E-state index contributed by atoms with van der Waals surface area (Å²) in [6.07, 6.45) is 1.89. The summed E-state index contributed by atoms with van der Waals surface area (Å²) in [4.78, 5) is 2.31. The molecule has 0 aliphatic carbocycles. The molecule has 1 fully saturated rings. The summed E-state index contributed by atoms with van der Waals surface area (Å²) < 4.78 is 0.964. The van der Waals surface area contributed by atoms with Gasteiger partial charge in [-0.05, 0) is 30.9 Å². The van der Waals surface area contributed by atoms with Gasteiger partial charge in [0.25, 0.3) is 0 Å². The molecule has 0 spiro atoms. The Kier molecular flexibility index (Phi) is 5.18. The summed E-state index contributed by atoms with van der Waals surface area (Å²) in [5.74, 6) is 0. The third kappa shape index (κ3) is 3.79. The Bertz CT molecular complexity index is 378. The van der Waals surface area contributed by atoms with Crippen LogP contribution in [0.3, 0.4) is 0 Å². The lowest BCUT2D eigenvalue weighted by Gasteiger charge is -2.30. The van der Waals surface area contributed by atoms with Crippen LogP contribution < -0.4 is 0 Å². The first-order valence-electron chi connectivity index (χ1n) is 6.49. The molecule has 4 heteroatoms. The minimum Gasteiger partial charge on any atom is -0.393 e. The zero-order chi connectivity index (χ0) is 13.0. The van der Waals surface area contributed by atoms with Crippen molar-refractivity contribution in [2.45, 2.75) is 31.5 Å². The monoisotopic (exact) mass is 313 g/mol. The zero-order valence-corrected chi connectivity index (χ0v) is 12.0. The van der Waals surface area contributed by atoms with Crippen LogP contribution in [0.4, 0.5) is 0 Å². The Balaban J connectivity index is 1.81. The lowest BCUT2D eigenvalue weighted by Crippen LogP contribution is -2.36. The smallest absolute Gasteiger partial charge is 0.0813 e. The van der Waals surface area contributed by atoms with Gasteiger partial charge in [-0.1, -0.05) is 34.1 Å². The molecular formula is C14H20BrNO2. The van der Waals surface area contributed by atoms with Crippen LogP contribution in [0.25, 0.3) is 0 Å². The van der Waals surface area contributed by atoms with Gasteiger partial charge < -0.3 is 15.1 Å². The van der Waals surface area contributed by atoms with E-state index in [0.717, 1.165) is 48.9 Å². The standard InChI is InChI=1S/C14H20BrNO2/c15-13-4-2-1-3-12(13)14(18)7-10-16-8-5-11(17)6-9-16/h1-4,11,14,17-18H,5-10H2. The quantitative estimate of drug-likeness (QED) is 0.896. The summed E-state index contributed by atoms with van der Waals surface area (Å²) in [6, 6.07) is 7.80. The van der Waals surface area contributed by atoms with Crippen molar-refractivity contribution in [2.24, 2.45) is 0 Å². The zero-order valence-electron chi connectivity index (χ0n) is 10.4. The topological polar surface area (TPSA) is 43.7 Å². The molecule has 0 aromatic heterocycles. The highest BCUT2D eigenvalue weighted by Crippen LogP contribution is 2.25. The summed E-state index contributed by atoms with van der Waals surface area (Å²) >= 11 is 3.46.